The zero-order valence-corrected chi connectivity index (χ0v) is 9.25. The van der Waals surface area contributed by atoms with Crippen LogP contribution in [-0.2, 0) is 4.79 Å². The van der Waals surface area contributed by atoms with Crippen molar-refractivity contribution in [1.29, 1.82) is 0 Å². The summed E-state index contributed by atoms with van der Waals surface area (Å²) in [6, 6.07) is 0. The van der Waals surface area contributed by atoms with Crippen molar-refractivity contribution in [3.8, 4) is 0 Å². The number of carbonyl (C=O) groups is 1. The highest BCUT2D eigenvalue weighted by Gasteiger charge is 2.47. The van der Waals surface area contributed by atoms with Gasteiger partial charge in [-0.15, -0.1) is 0 Å². The number of likely N-dealkylation sites (tertiary alicyclic amines) is 2. The van der Waals surface area contributed by atoms with Crippen LogP contribution in [0.4, 0.5) is 0 Å². The smallest absolute Gasteiger partial charge is 0.222 e. The van der Waals surface area contributed by atoms with Gasteiger partial charge in [-0.1, -0.05) is 6.92 Å². The molecular formula is C11H20N2O. The number of nitrogens with zero attached hydrogens (tertiary/aromatic N) is 2. The van der Waals surface area contributed by atoms with Crippen molar-refractivity contribution >= 4 is 5.91 Å². The lowest BCUT2D eigenvalue weighted by Crippen LogP contribution is -2.65. The third-order valence-corrected chi connectivity index (χ3v) is 3.89. The van der Waals surface area contributed by atoms with Gasteiger partial charge in [0.1, 0.15) is 0 Å². The maximum atomic E-state index is 11.7. The summed E-state index contributed by atoms with van der Waals surface area (Å²) < 4.78 is 0. The van der Waals surface area contributed by atoms with E-state index in [4.69, 9.17) is 0 Å². The Labute approximate surface area is 86.1 Å². The van der Waals surface area contributed by atoms with Gasteiger partial charge < -0.3 is 9.80 Å². The maximum absolute atomic E-state index is 11.7. The fraction of sp³-hybridized carbons (Fsp3) is 0.909. The van der Waals surface area contributed by atoms with Crippen molar-refractivity contribution in [2.24, 2.45) is 0 Å². The Kier molecular flexibility index (Phi) is 2.52. The Morgan fingerprint density at radius 1 is 1.21 bits per heavy atom. The number of carbonyl (C=O) groups excluding carboxylic acids is 1. The summed E-state index contributed by atoms with van der Waals surface area (Å²) in [6.45, 7) is 5.25. The molecule has 0 N–H and O–H groups in total. The lowest BCUT2D eigenvalue weighted by Gasteiger charge is -2.56. The number of rotatable bonds is 1. The van der Waals surface area contributed by atoms with Crippen molar-refractivity contribution < 1.29 is 4.79 Å². The zero-order chi connectivity index (χ0) is 10.2. The van der Waals surface area contributed by atoms with Gasteiger partial charge in [0, 0.05) is 31.6 Å². The average molecular weight is 196 g/mol. The molecule has 0 aliphatic carbocycles. The summed E-state index contributed by atoms with van der Waals surface area (Å²) in [4.78, 5) is 16.1. The standard InChI is InChI=1S/C11H20N2O/c1-3-10(14)13-9-6-11(13)4-7-12(2)8-5-11/h3-9H2,1-2H3. The Hall–Kier alpha value is -0.570. The highest BCUT2D eigenvalue weighted by Crippen LogP contribution is 2.39. The molecule has 2 fully saturated rings. The van der Waals surface area contributed by atoms with Crippen LogP contribution in [0.1, 0.15) is 32.6 Å². The van der Waals surface area contributed by atoms with Crippen molar-refractivity contribution in [3.63, 3.8) is 0 Å². The minimum atomic E-state index is 0.263. The molecule has 2 saturated heterocycles. The molecule has 2 aliphatic rings. The van der Waals surface area contributed by atoms with Gasteiger partial charge in [-0.3, -0.25) is 4.79 Å². The number of hydrogen-bond acceptors (Lipinski definition) is 2. The second-order valence-corrected chi connectivity index (χ2v) is 4.68. The SMILES string of the molecule is CCC(=O)N1CCC12CCN(C)CC2. The molecule has 3 heteroatoms. The molecule has 80 valence electrons. The highest BCUT2D eigenvalue weighted by molar-refractivity contribution is 5.77. The summed E-state index contributed by atoms with van der Waals surface area (Å²) >= 11 is 0. The van der Waals surface area contributed by atoms with E-state index < -0.39 is 0 Å². The second-order valence-electron chi connectivity index (χ2n) is 4.68. The molecule has 0 atom stereocenters. The predicted octanol–water partition coefficient (Wildman–Crippen LogP) is 1.09. The Bertz CT molecular complexity index is 231. The van der Waals surface area contributed by atoms with E-state index >= 15 is 0 Å². The van der Waals surface area contributed by atoms with E-state index in [1.165, 1.54) is 19.3 Å². The fourth-order valence-electron chi connectivity index (χ4n) is 2.67. The van der Waals surface area contributed by atoms with E-state index in [0.29, 0.717) is 12.3 Å². The quantitative estimate of drug-likeness (QED) is 0.627. The second kappa shape index (κ2) is 3.54. The number of amides is 1. The van der Waals surface area contributed by atoms with Gasteiger partial charge in [-0.25, -0.2) is 0 Å². The van der Waals surface area contributed by atoms with Gasteiger partial charge in [-0.2, -0.15) is 0 Å². The van der Waals surface area contributed by atoms with Gasteiger partial charge in [-0.05, 0) is 26.3 Å². The molecule has 3 nitrogen and oxygen atoms in total. The number of piperidine rings is 1. The van der Waals surface area contributed by atoms with Crippen molar-refractivity contribution in [2.75, 3.05) is 26.7 Å². The molecule has 2 aliphatic heterocycles. The maximum Gasteiger partial charge on any atom is 0.222 e. The highest BCUT2D eigenvalue weighted by atomic mass is 16.2. The first-order valence-electron chi connectivity index (χ1n) is 5.67. The summed E-state index contributed by atoms with van der Waals surface area (Å²) in [6.07, 6.45) is 4.24. The molecule has 0 unspecified atom stereocenters. The largest absolute Gasteiger partial charge is 0.337 e. The van der Waals surface area contributed by atoms with E-state index in [1.807, 2.05) is 6.92 Å². The predicted molar refractivity (Wildman–Crippen MR) is 56.1 cm³/mol. The third-order valence-electron chi connectivity index (χ3n) is 3.89. The van der Waals surface area contributed by atoms with E-state index in [2.05, 4.69) is 16.8 Å². The van der Waals surface area contributed by atoms with E-state index in [0.717, 1.165) is 19.6 Å². The van der Waals surface area contributed by atoms with Gasteiger partial charge >= 0.3 is 0 Å². The normalized spacial score (nSPS) is 26.3. The lowest BCUT2D eigenvalue weighted by molar-refractivity contribution is -0.151. The molecule has 1 amide bonds. The van der Waals surface area contributed by atoms with Crippen LogP contribution in [0.2, 0.25) is 0 Å². The molecule has 2 rings (SSSR count). The molecule has 1 spiro atoms. The minimum absolute atomic E-state index is 0.263. The van der Waals surface area contributed by atoms with Crippen LogP contribution in [0.15, 0.2) is 0 Å². The Morgan fingerprint density at radius 3 is 2.21 bits per heavy atom. The summed E-state index contributed by atoms with van der Waals surface area (Å²) in [7, 11) is 2.16. The summed E-state index contributed by atoms with van der Waals surface area (Å²) in [5.41, 5.74) is 0.263. The van der Waals surface area contributed by atoms with Gasteiger partial charge in [0.25, 0.3) is 0 Å². The van der Waals surface area contributed by atoms with E-state index in [1.54, 1.807) is 0 Å². The zero-order valence-electron chi connectivity index (χ0n) is 9.25. The number of hydrogen-bond donors (Lipinski definition) is 0. The van der Waals surface area contributed by atoms with Crippen LogP contribution >= 0.6 is 0 Å². The van der Waals surface area contributed by atoms with E-state index in [-0.39, 0.29) is 5.54 Å². The van der Waals surface area contributed by atoms with Crippen LogP contribution in [-0.4, -0.2) is 47.9 Å². The molecule has 0 aromatic carbocycles. The monoisotopic (exact) mass is 196 g/mol. The van der Waals surface area contributed by atoms with Gasteiger partial charge in [0.15, 0.2) is 0 Å². The minimum Gasteiger partial charge on any atom is -0.337 e. The Morgan fingerprint density at radius 2 is 1.79 bits per heavy atom. The van der Waals surface area contributed by atoms with E-state index in [9.17, 15) is 4.79 Å². The molecular weight excluding hydrogens is 176 g/mol. The first-order chi connectivity index (χ1) is 6.68. The average Bonchev–Trinajstić information content (AvgIpc) is 2.17. The fourth-order valence-corrected chi connectivity index (χ4v) is 2.67. The van der Waals surface area contributed by atoms with Gasteiger partial charge in [0.05, 0.1) is 0 Å². The molecule has 0 radical (unpaired) electrons. The van der Waals surface area contributed by atoms with Gasteiger partial charge in [0.2, 0.25) is 5.91 Å². The molecule has 2 heterocycles. The van der Waals surface area contributed by atoms with Crippen LogP contribution in [0, 0.1) is 0 Å². The topological polar surface area (TPSA) is 23.6 Å². The molecule has 0 saturated carbocycles. The van der Waals surface area contributed by atoms with Crippen LogP contribution in [0.3, 0.4) is 0 Å². The van der Waals surface area contributed by atoms with Crippen LogP contribution in [0.25, 0.3) is 0 Å². The third kappa shape index (κ3) is 1.44. The molecule has 14 heavy (non-hydrogen) atoms. The molecule has 0 aromatic heterocycles. The summed E-state index contributed by atoms with van der Waals surface area (Å²) in [5.74, 6) is 0.348. The molecule has 0 aromatic rings. The lowest BCUT2D eigenvalue weighted by atomic mass is 9.76. The van der Waals surface area contributed by atoms with Crippen molar-refractivity contribution in [3.05, 3.63) is 0 Å². The van der Waals surface area contributed by atoms with Crippen LogP contribution in [0.5, 0.6) is 0 Å². The first kappa shape index (κ1) is 9.97. The van der Waals surface area contributed by atoms with Crippen molar-refractivity contribution in [1.82, 2.24) is 9.80 Å². The Balaban J connectivity index is 2.00. The van der Waals surface area contributed by atoms with Crippen LogP contribution < -0.4 is 0 Å². The first-order valence-corrected chi connectivity index (χ1v) is 5.67. The molecule has 0 bridgehead atoms. The summed E-state index contributed by atoms with van der Waals surface area (Å²) in [5, 5.41) is 0. The van der Waals surface area contributed by atoms with Crippen molar-refractivity contribution in [2.45, 2.75) is 38.1 Å².